The first kappa shape index (κ1) is 30.0. The van der Waals surface area contributed by atoms with Crippen molar-refractivity contribution in [1.29, 1.82) is 0 Å². The Bertz CT molecular complexity index is 1230. The number of methoxy groups -OCH3 is 1. The molecule has 1 amide bonds. The van der Waals surface area contributed by atoms with E-state index in [2.05, 4.69) is 72.9 Å². The Hall–Kier alpha value is -2.99. The number of aliphatic imine (C=N–C) groups is 2. The molecule has 0 radical (unpaired) electrons. The molecule has 6 nitrogen and oxygen atoms in total. The molecule has 0 saturated carbocycles. The molecule has 1 aliphatic carbocycles. The molecular formula is C34H48N4O2. The highest BCUT2D eigenvalue weighted by Gasteiger charge is 2.27. The molecular weight excluding hydrogens is 496 g/mol. The fourth-order valence-corrected chi connectivity index (χ4v) is 6.26. The number of hydrogen-bond donors (Lipinski definition) is 0. The summed E-state index contributed by atoms with van der Waals surface area (Å²) in [5, 5.41) is 0. The molecule has 40 heavy (non-hydrogen) atoms. The second-order valence-electron chi connectivity index (χ2n) is 12.0. The van der Waals surface area contributed by atoms with Gasteiger partial charge in [0, 0.05) is 14.1 Å². The van der Waals surface area contributed by atoms with Gasteiger partial charge in [0.1, 0.15) is 17.8 Å². The molecule has 0 bridgehead atoms. The third-order valence-corrected chi connectivity index (χ3v) is 8.54. The minimum Gasteiger partial charge on any atom is -0.495 e. The van der Waals surface area contributed by atoms with Crippen molar-refractivity contribution in [2.45, 2.75) is 78.2 Å². The van der Waals surface area contributed by atoms with E-state index in [4.69, 9.17) is 4.74 Å². The number of likely N-dealkylation sites (tertiary alicyclic amines) is 1. The van der Waals surface area contributed by atoms with E-state index >= 15 is 0 Å². The number of piperidine rings is 1. The Morgan fingerprint density at radius 1 is 1.18 bits per heavy atom. The van der Waals surface area contributed by atoms with Crippen LogP contribution in [0.3, 0.4) is 0 Å². The van der Waals surface area contributed by atoms with Crippen molar-refractivity contribution in [3.05, 3.63) is 63.9 Å². The number of carbonyl (C=O) groups is 1. The number of allylic oxidation sites excluding steroid dienone is 5. The molecule has 2 heterocycles. The lowest BCUT2D eigenvalue weighted by Gasteiger charge is -2.33. The van der Waals surface area contributed by atoms with Crippen LogP contribution in [-0.4, -0.2) is 74.6 Å². The predicted molar refractivity (Wildman–Crippen MR) is 167 cm³/mol. The Labute approximate surface area is 241 Å². The average molecular weight is 545 g/mol. The van der Waals surface area contributed by atoms with Crippen LogP contribution in [0.2, 0.25) is 0 Å². The van der Waals surface area contributed by atoms with Crippen molar-refractivity contribution in [3.8, 4) is 0 Å². The molecule has 6 heteroatoms. The maximum atomic E-state index is 12.2. The number of nitrogens with zero attached hydrogens (tertiary/aromatic N) is 4. The van der Waals surface area contributed by atoms with Gasteiger partial charge in [-0.2, -0.15) is 0 Å². The first-order valence-corrected chi connectivity index (χ1v) is 15.1. The second-order valence-corrected chi connectivity index (χ2v) is 12.0. The van der Waals surface area contributed by atoms with Crippen LogP contribution in [0.25, 0.3) is 5.57 Å². The second kappa shape index (κ2) is 13.6. The zero-order valence-electron chi connectivity index (χ0n) is 25.7. The van der Waals surface area contributed by atoms with Crippen molar-refractivity contribution >= 4 is 23.5 Å². The summed E-state index contributed by atoms with van der Waals surface area (Å²) in [7, 11) is 5.41. The summed E-state index contributed by atoms with van der Waals surface area (Å²) in [4.78, 5) is 25.3. The Balaban J connectivity index is 1.69. The normalized spacial score (nSPS) is 23.3. The van der Waals surface area contributed by atoms with Crippen LogP contribution in [0, 0.1) is 12.8 Å². The lowest BCUT2D eigenvalue weighted by Crippen LogP contribution is -2.40. The van der Waals surface area contributed by atoms with Crippen LogP contribution >= 0.6 is 0 Å². The Morgan fingerprint density at radius 3 is 2.58 bits per heavy atom. The Kier molecular flexibility index (Phi) is 10.2. The van der Waals surface area contributed by atoms with Crippen molar-refractivity contribution in [3.63, 3.8) is 0 Å². The number of amides is 1. The summed E-state index contributed by atoms with van der Waals surface area (Å²) in [6.45, 7) is 11.6. The highest BCUT2D eigenvalue weighted by atomic mass is 16.5. The van der Waals surface area contributed by atoms with Gasteiger partial charge in [-0.05, 0) is 103 Å². The van der Waals surface area contributed by atoms with Crippen molar-refractivity contribution in [1.82, 2.24) is 9.80 Å². The number of fused-ring (bicyclic) bond motifs is 1. The van der Waals surface area contributed by atoms with E-state index in [1.165, 1.54) is 33.4 Å². The maximum Gasteiger partial charge on any atom is 0.236 e. The first-order chi connectivity index (χ1) is 19.2. The maximum absolute atomic E-state index is 12.2. The van der Waals surface area contributed by atoms with Crippen molar-refractivity contribution < 1.29 is 9.53 Å². The molecule has 4 rings (SSSR count). The minimum absolute atomic E-state index is 0.0959. The third-order valence-electron chi connectivity index (χ3n) is 8.54. The first-order valence-electron chi connectivity index (χ1n) is 15.1. The number of ether oxygens (including phenoxy) is 1. The summed E-state index contributed by atoms with van der Waals surface area (Å²) in [5.74, 6) is 1.91. The number of rotatable bonds is 9. The monoisotopic (exact) mass is 544 g/mol. The van der Waals surface area contributed by atoms with E-state index in [-0.39, 0.29) is 11.9 Å². The van der Waals surface area contributed by atoms with Gasteiger partial charge >= 0.3 is 0 Å². The van der Waals surface area contributed by atoms with Gasteiger partial charge in [0.05, 0.1) is 19.7 Å². The van der Waals surface area contributed by atoms with Crippen LogP contribution in [0.5, 0.6) is 0 Å². The summed E-state index contributed by atoms with van der Waals surface area (Å²) in [5.41, 5.74) is 9.19. The summed E-state index contributed by atoms with van der Waals surface area (Å²) in [6, 6.07) is 7.22. The molecule has 0 spiro atoms. The fraction of sp³-hybridized carbons (Fsp3) is 0.559. The summed E-state index contributed by atoms with van der Waals surface area (Å²) >= 11 is 0. The number of carbonyl (C=O) groups excluding carboxylic acids is 1. The lowest BCUT2D eigenvalue weighted by molar-refractivity contribution is -0.130. The van der Waals surface area contributed by atoms with Crippen molar-refractivity contribution in [2.75, 3.05) is 40.8 Å². The largest absolute Gasteiger partial charge is 0.495 e. The highest BCUT2D eigenvalue weighted by Crippen LogP contribution is 2.39. The van der Waals surface area contributed by atoms with Crippen LogP contribution < -0.4 is 0 Å². The quantitative estimate of drug-likeness (QED) is 0.353. The molecule has 216 valence electrons. The van der Waals surface area contributed by atoms with Gasteiger partial charge in [-0.1, -0.05) is 51.5 Å². The van der Waals surface area contributed by atoms with E-state index in [0.29, 0.717) is 18.4 Å². The third kappa shape index (κ3) is 6.83. The highest BCUT2D eigenvalue weighted by molar-refractivity contribution is 6.09. The van der Waals surface area contributed by atoms with E-state index in [9.17, 15) is 4.79 Å². The van der Waals surface area contributed by atoms with Crippen LogP contribution in [-0.2, 0) is 9.53 Å². The molecule has 1 atom stereocenters. The minimum atomic E-state index is 0.0959. The lowest BCUT2D eigenvalue weighted by atomic mass is 9.80. The number of hydrogen-bond acceptors (Lipinski definition) is 5. The standard InChI is InChI=1S/C34H48N4O2/c1-8-10-28(27-11-9-12-30-34(36-22-35-30)31(20-27)40-7)33(23(2)3)29-19-26(14-13-24(29)4)25-15-17-38(18-16-25)21-32(39)37(5)6/h11,13-14,19-20,22-23,25,30H,8-10,12,15-18,21H2,1-7H3/b27-11+,31-20+,33-28+. The van der Waals surface area contributed by atoms with Gasteiger partial charge in [0.15, 0.2) is 0 Å². The average Bonchev–Trinajstić information content (AvgIpc) is 3.37. The van der Waals surface area contributed by atoms with E-state index in [0.717, 1.165) is 63.1 Å². The van der Waals surface area contributed by atoms with Gasteiger partial charge in [-0.3, -0.25) is 14.7 Å². The zero-order chi connectivity index (χ0) is 28.8. The SMILES string of the molecule is CCCC(/C1=C/CCC2N=CN=C2/C(OC)=C\1)=C(\c1cc(C2CCN(CC(=O)N(C)C)CC2)ccc1C)C(C)C. The molecule has 1 unspecified atom stereocenters. The predicted octanol–water partition coefficient (Wildman–Crippen LogP) is 6.57. The van der Waals surface area contributed by atoms with Gasteiger partial charge in [-0.15, -0.1) is 0 Å². The van der Waals surface area contributed by atoms with Gasteiger partial charge < -0.3 is 9.64 Å². The van der Waals surface area contributed by atoms with Gasteiger partial charge in [0.25, 0.3) is 0 Å². The molecule has 0 aromatic heterocycles. The van der Waals surface area contributed by atoms with Gasteiger partial charge in [-0.25, -0.2) is 4.99 Å². The molecule has 3 aliphatic rings. The van der Waals surface area contributed by atoms with Gasteiger partial charge in [0.2, 0.25) is 5.91 Å². The smallest absolute Gasteiger partial charge is 0.236 e. The molecule has 1 fully saturated rings. The number of aryl methyl sites for hydroxylation is 1. The van der Waals surface area contributed by atoms with Crippen LogP contribution in [0.1, 0.15) is 81.9 Å². The van der Waals surface area contributed by atoms with E-state index in [1.54, 1.807) is 18.3 Å². The topological polar surface area (TPSA) is 57.5 Å². The Morgan fingerprint density at radius 2 is 1.93 bits per heavy atom. The van der Waals surface area contributed by atoms with Crippen molar-refractivity contribution in [2.24, 2.45) is 15.9 Å². The van der Waals surface area contributed by atoms with Crippen LogP contribution in [0.4, 0.5) is 0 Å². The van der Waals surface area contributed by atoms with Crippen LogP contribution in [0.15, 0.2) is 57.2 Å². The fourth-order valence-electron chi connectivity index (χ4n) is 6.26. The summed E-state index contributed by atoms with van der Waals surface area (Å²) < 4.78 is 5.87. The van der Waals surface area contributed by atoms with E-state index in [1.807, 2.05) is 14.1 Å². The number of likely N-dealkylation sites (N-methyl/N-ethyl adjacent to an activating group) is 1. The molecule has 2 aliphatic heterocycles. The summed E-state index contributed by atoms with van der Waals surface area (Å²) in [6.07, 6.45) is 12.5. The molecule has 1 aromatic rings. The molecule has 1 saturated heterocycles. The molecule has 0 N–H and O–H groups in total. The number of benzene rings is 1. The zero-order valence-corrected chi connectivity index (χ0v) is 25.7. The molecule has 1 aromatic carbocycles. The van der Waals surface area contributed by atoms with E-state index < -0.39 is 0 Å².